The van der Waals surface area contributed by atoms with Crippen LogP contribution in [0.5, 0.6) is 0 Å². The molecule has 0 aliphatic heterocycles. The van der Waals surface area contributed by atoms with Crippen LogP contribution in [-0.2, 0) is 11.0 Å². The summed E-state index contributed by atoms with van der Waals surface area (Å²) in [5, 5.41) is 13.0. The maximum atomic E-state index is 12.4. The van der Waals surface area contributed by atoms with Crippen molar-refractivity contribution in [3.05, 3.63) is 29.8 Å². The summed E-state index contributed by atoms with van der Waals surface area (Å²) in [7, 11) is 0. The number of anilines is 1. The molecule has 0 saturated carbocycles. The van der Waals surface area contributed by atoms with E-state index in [0.717, 1.165) is 12.1 Å². The van der Waals surface area contributed by atoms with Crippen LogP contribution in [0.25, 0.3) is 0 Å². The second kappa shape index (κ2) is 5.91. The minimum atomic E-state index is -4.42. The van der Waals surface area contributed by atoms with E-state index in [1.165, 1.54) is 12.1 Å². The Morgan fingerprint density at radius 2 is 2.11 bits per heavy atom. The number of nitrogens with one attached hydrogen (secondary N) is 2. The van der Waals surface area contributed by atoms with Gasteiger partial charge in [-0.25, -0.2) is 0 Å². The smallest absolute Gasteiger partial charge is 0.376 e. The van der Waals surface area contributed by atoms with E-state index in [1.54, 1.807) is 6.07 Å². The first-order valence-electron chi connectivity index (χ1n) is 4.98. The lowest BCUT2D eigenvalue weighted by molar-refractivity contribution is -0.137. The molecule has 2 N–H and O–H groups in total. The van der Waals surface area contributed by atoms with Crippen molar-refractivity contribution in [2.24, 2.45) is 0 Å². The zero-order chi connectivity index (χ0) is 13.6. The molecule has 1 aromatic rings. The molecule has 0 heterocycles. The molecule has 0 atom stereocenters. The standard InChI is InChI=1S/C11H10F3N3O/c12-11(13,14)8-2-1-3-9(6-8)17-7-10(18)16-5-4-15/h1-3,6,17H,5,7H2,(H,16,18). The summed E-state index contributed by atoms with van der Waals surface area (Å²) >= 11 is 0. The molecule has 0 bridgehead atoms. The van der Waals surface area contributed by atoms with Gasteiger partial charge in [0.15, 0.2) is 0 Å². The largest absolute Gasteiger partial charge is 0.416 e. The number of rotatable bonds is 4. The summed E-state index contributed by atoms with van der Waals surface area (Å²) in [6.07, 6.45) is -4.42. The lowest BCUT2D eigenvalue weighted by Crippen LogP contribution is -2.30. The first-order valence-corrected chi connectivity index (χ1v) is 4.98. The van der Waals surface area contributed by atoms with Gasteiger partial charge in [0.1, 0.15) is 6.54 Å². The van der Waals surface area contributed by atoms with Gasteiger partial charge in [-0.1, -0.05) is 6.07 Å². The average Bonchev–Trinajstić information content (AvgIpc) is 2.33. The van der Waals surface area contributed by atoms with E-state index in [2.05, 4.69) is 10.6 Å². The Kier molecular flexibility index (Phi) is 4.54. The highest BCUT2D eigenvalue weighted by atomic mass is 19.4. The van der Waals surface area contributed by atoms with Crippen LogP contribution in [0.4, 0.5) is 18.9 Å². The Hall–Kier alpha value is -2.23. The molecule has 18 heavy (non-hydrogen) atoms. The van der Waals surface area contributed by atoms with Gasteiger partial charge in [0.2, 0.25) is 5.91 Å². The Balaban J connectivity index is 2.58. The molecule has 4 nitrogen and oxygen atoms in total. The number of halogens is 3. The van der Waals surface area contributed by atoms with E-state index in [9.17, 15) is 18.0 Å². The number of nitriles is 1. The molecule has 0 aromatic heterocycles. The van der Waals surface area contributed by atoms with Crippen LogP contribution in [0.15, 0.2) is 24.3 Å². The summed E-state index contributed by atoms with van der Waals surface area (Å²) in [6.45, 7) is -0.327. The van der Waals surface area contributed by atoms with Crippen LogP contribution >= 0.6 is 0 Å². The summed E-state index contributed by atoms with van der Waals surface area (Å²) < 4.78 is 37.2. The molecule has 1 rings (SSSR count). The van der Waals surface area contributed by atoms with E-state index < -0.39 is 17.6 Å². The normalized spacial score (nSPS) is 10.6. The molecule has 1 amide bonds. The molecule has 0 fully saturated rings. The Bertz CT molecular complexity index is 465. The third-order valence-corrected chi connectivity index (χ3v) is 2.01. The molecule has 0 saturated heterocycles. The quantitative estimate of drug-likeness (QED) is 0.808. The van der Waals surface area contributed by atoms with Crippen molar-refractivity contribution < 1.29 is 18.0 Å². The fourth-order valence-corrected chi connectivity index (χ4v) is 1.19. The molecule has 0 unspecified atom stereocenters. The first kappa shape index (κ1) is 13.8. The minimum absolute atomic E-state index is 0.136. The van der Waals surface area contributed by atoms with E-state index in [0.29, 0.717) is 0 Å². The number of carbonyl (C=O) groups excluding carboxylic acids is 1. The van der Waals surface area contributed by atoms with Gasteiger partial charge in [0.05, 0.1) is 18.2 Å². The molecule has 0 aliphatic rings. The highest BCUT2D eigenvalue weighted by Crippen LogP contribution is 2.30. The number of benzene rings is 1. The second-order valence-corrected chi connectivity index (χ2v) is 3.37. The van der Waals surface area contributed by atoms with Crippen LogP contribution in [0.3, 0.4) is 0 Å². The average molecular weight is 257 g/mol. The van der Waals surface area contributed by atoms with Crippen molar-refractivity contribution in [2.75, 3.05) is 18.4 Å². The van der Waals surface area contributed by atoms with Crippen molar-refractivity contribution in [1.82, 2.24) is 5.32 Å². The third-order valence-electron chi connectivity index (χ3n) is 2.01. The van der Waals surface area contributed by atoms with E-state index in [4.69, 9.17) is 5.26 Å². The fraction of sp³-hybridized carbons (Fsp3) is 0.273. The van der Waals surface area contributed by atoms with Gasteiger partial charge in [-0.2, -0.15) is 18.4 Å². The topological polar surface area (TPSA) is 64.9 Å². The molecule has 0 aliphatic carbocycles. The molecule has 1 aromatic carbocycles. The van der Waals surface area contributed by atoms with Crippen LogP contribution in [-0.4, -0.2) is 19.0 Å². The number of nitrogens with zero attached hydrogens (tertiary/aromatic N) is 1. The Morgan fingerprint density at radius 3 is 2.72 bits per heavy atom. The van der Waals surface area contributed by atoms with E-state index in [-0.39, 0.29) is 18.8 Å². The summed E-state index contributed by atoms with van der Waals surface area (Å²) in [6, 6.07) is 6.25. The zero-order valence-electron chi connectivity index (χ0n) is 9.21. The van der Waals surface area contributed by atoms with Crippen molar-refractivity contribution in [3.63, 3.8) is 0 Å². The van der Waals surface area contributed by atoms with E-state index in [1.807, 2.05) is 0 Å². The lowest BCUT2D eigenvalue weighted by Gasteiger charge is -2.10. The van der Waals surface area contributed by atoms with Crippen molar-refractivity contribution in [3.8, 4) is 6.07 Å². The van der Waals surface area contributed by atoms with Crippen LogP contribution in [0, 0.1) is 11.3 Å². The summed E-state index contributed by atoms with van der Waals surface area (Å²) in [4.78, 5) is 11.1. The fourth-order valence-electron chi connectivity index (χ4n) is 1.19. The zero-order valence-corrected chi connectivity index (χ0v) is 9.21. The summed E-state index contributed by atoms with van der Waals surface area (Å²) in [5.74, 6) is -0.464. The maximum Gasteiger partial charge on any atom is 0.416 e. The highest BCUT2D eigenvalue weighted by Gasteiger charge is 2.30. The van der Waals surface area contributed by atoms with Crippen LogP contribution in [0.2, 0.25) is 0 Å². The molecule has 0 spiro atoms. The first-order chi connectivity index (χ1) is 8.43. The SMILES string of the molecule is N#CCNC(=O)CNc1cccc(C(F)(F)F)c1. The molecular formula is C11H10F3N3O. The number of hydrogen-bond acceptors (Lipinski definition) is 3. The third kappa shape index (κ3) is 4.33. The maximum absolute atomic E-state index is 12.4. The van der Waals surface area contributed by atoms with Crippen molar-refractivity contribution in [1.29, 1.82) is 5.26 Å². The number of amides is 1. The van der Waals surface area contributed by atoms with Gasteiger partial charge in [-0.3, -0.25) is 4.79 Å². The summed E-state index contributed by atoms with van der Waals surface area (Å²) in [5.41, 5.74) is -0.595. The van der Waals surface area contributed by atoms with Crippen LogP contribution < -0.4 is 10.6 Å². The molecule has 0 radical (unpaired) electrons. The highest BCUT2D eigenvalue weighted by molar-refractivity contribution is 5.80. The predicted molar refractivity (Wildman–Crippen MR) is 58.6 cm³/mol. The molecule has 96 valence electrons. The van der Waals surface area contributed by atoms with Gasteiger partial charge in [0, 0.05) is 5.69 Å². The van der Waals surface area contributed by atoms with Gasteiger partial charge in [0.25, 0.3) is 0 Å². The Labute approximate surface area is 101 Å². The monoisotopic (exact) mass is 257 g/mol. The van der Waals surface area contributed by atoms with E-state index >= 15 is 0 Å². The van der Waals surface area contributed by atoms with Crippen molar-refractivity contribution >= 4 is 11.6 Å². The number of carbonyl (C=O) groups is 1. The van der Waals surface area contributed by atoms with Crippen molar-refractivity contribution in [2.45, 2.75) is 6.18 Å². The van der Waals surface area contributed by atoms with Gasteiger partial charge in [-0.05, 0) is 18.2 Å². The predicted octanol–water partition coefficient (Wildman–Crippen LogP) is 1.76. The minimum Gasteiger partial charge on any atom is -0.376 e. The lowest BCUT2D eigenvalue weighted by atomic mass is 10.2. The van der Waals surface area contributed by atoms with Gasteiger partial charge in [-0.15, -0.1) is 0 Å². The number of alkyl halides is 3. The Morgan fingerprint density at radius 1 is 1.39 bits per heavy atom. The van der Waals surface area contributed by atoms with Crippen LogP contribution in [0.1, 0.15) is 5.56 Å². The van der Waals surface area contributed by atoms with Gasteiger partial charge >= 0.3 is 6.18 Å². The van der Waals surface area contributed by atoms with Gasteiger partial charge < -0.3 is 10.6 Å². The number of hydrogen-bond donors (Lipinski definition) is 2. The molecular weight excluding hydrogens is 247 g/mol. The second-order valence-electron chi connectivity index (χ2n) is 3.37. The molecule has 7 heteroatoms.